The molecule has 0 aromatic heterocycles. The lowest BCUT2D eigenvalue weighted by Crippen LogP contribution is -2.31. The molecule has 2 amide bonds. The first-order valence-electron chi connectivity index (χ1n) is 8.57. The van der Waals surface area contributed by atoms with Gasteiger partial charge in [-0.15, -0.1) is 5.06 Å². The van der Waals surface area contributed by atoms with Crippen molar-refractivity contribution in [3.63, 3.8) is 0 Å². The molecule has 0 saturated heterocycles. The van der Waals surface area contributed by atoms with Crippen molar-refractivity contribution in [2.75, 3.05) is 7.11 Å². The number of hydrogen-bond donors (Lipinski definition) is 0. The second kappa shape index (κ2) is 6.42. The van der Waals surface area contributed by atoms with Crippen molar-refractivity contribution >= 4 is 17.4 Å². The number of hydroxylamine groups is 2. The molecule has 0 spiro atoms. The molecule has 132 valence electrons. The van der Waals surface area contributed by atoms with Crippen molar-refractivity contribution in [1.82, 2.24) is 5.06 Å². The molecule has 0 atom stereocenters. The summed E-state index contributed by atoms with van der Waals surface area (Å²) in [6, 6.07) is 13.4. The van der Waals surface area contributed by atoms with Gasteiger partial charge < -0.3 is 4.74 Å². The Morgan fingerprint density at radius 1 is 1.00 bits per heavy atom. The standard InChI is InChI=1S/C21H19NO4/c1-13-6-8-14(9-7-13)12-26-22-20(23)17-11-10-15-16(19(17)21(22)24)4-3-5-18(15)25-2/h3-9H,10-12H2,1-2H3. The Hall–Kier alpha value is -2.92. The third-order valence-electron chi connectivity index (χ3n) is 4.87. The van der Waals surface area contributed by atoms with Gasteiger partial charge in [0.25, 0.3) is 11.8 Å². The van der Waals surface area contributed by atoms with E-state index in [0.29, 0.717) is 24.0 Å². The van der Waals surface area contributed by atoms with Crippen LogP contribution in [0.4, 0.5) is 0 Å². The maximum absolute atomic E-state index is 12.9. The molecule has 0 fully saturated rings. The number of imide groups is 1. The van der Waals surface area contributed by atoms with E-state index >= 15 is 0 Å². The Bertz CT molecular complexity index is 928. The highest BCUT2D eigenvalue weighted by molar-refractivity contribution is 6.35. The van der Waals surface area contributed by atoms with Crippen LogP contribution >= 0.6 is 0 Å². The van der Waals surface area contributed by atoms with E-state index in [2.05, 4.69) is 0 Å². The number of methoxy groups -OCH3 is 1. The van der Waals surface area contributed by atoms with E-state index in [1.165, 1.54) is 0 Å². The number of fused-ring (bicyclic) bond motifs is 2. The lowest BCUT2D eigenvalue weighted by atomic mass is 9.86. The van der Waals surface area contributed by atoms with Crippen molar-refractivity contribution in [2.45, 2.75) is 26.4 Å². The Kier molecular flexibility index (Phi) is 4.09. The molecule has 2 aromatic rings. The van der Waals surface area contributed by atoms with Crippen LogP contribution in [0.15, 0.2) is 48.0 Å². The van der Waals surface area contributed by atoms with E-state index in [9.17, 15) is 9.59 Å². The summed E-state index contributed by atoms with van der Waals surface area (Å²) in [4.78, 5) is 31.1. The first kappa shape index (κ1) is 16.5. The summed E-state index contributed by atoms with van der Waals surface area (Å²) in [6.45, 7) is 2.17. The zero-order valence-electron chi connectivity index (χ0n) is 14.7. The minimum absolute atomic E-state index is 0.170. The van der Waals surface area contributed by atoms with E-state index in [1.54, 1.807) is 7.11 Å². The molecule has 2 aliphatic rings. The quantitative estimate of drug-likeness (QED) is 0.796. The van der Waals surface area contributed by atoms with Crippen LogP contribution in [0, 0.1) is 6.92 Å². The summed E-state index contributed by atoms with van der Waals surface area (Å²) in [5, 5.41) is 0.902. The minimum atomic E-state index is -0.397. The highest BCUT2D eigenvalue weighted by Crippen LogP contribution is 2.41. The number of aryl methyl sites for hydroxylation is 1. The largest absolute Gasteiger partial charge is 0.496 e. The van der Waals surface area contributed by atoms with Crippen LogP contribution in [0.25, 0.3) is 5.57 Å². The zero-order valence-corrected chi connectivity index (χ0v) is 14.7. The third-order valence-corrected chi connectivity index (χ3v) is 4.87. The van der Waals surface area contributed by atoms with Gasteiger partial charge in [-0.2, -0.15) is 0 Å². The van der Waals surface area contributed by atoms with Crippen LogP contribution in [0.3, 0.4) is 0 Å². The molecule has 0 radical (unpaired) electrons. The molecule has 0 saturated carbocycles. The summed E-state index contributed by atoms with van der Waals surface area (Å²) >= 11 is 0. The first-order valence-corrected chi connectivity index (χ1v) is 8.57. The Labute approximate surface area is 151 Å². The molecule has 0 bridgehead atoms. The van der Waals surface area contributed by atoms with Crippen LogP contribution in [0.1, 0.15) is 28.7 Å². The third kappa shape index (κ3) is 2.61. The molecule has 4 rings (SSSR count). The predicted octanol–water partition coefficient (Wildman–Crippen LogP) is 3.20. The van der Waals surface area contributed by atoms with E-state index in [0.717, 1.165) is 33.1 Å². The summed E-state index contributed by atoms with van der Waals surface area (Å²) in [7, 11) is 1.61. The Morgan fingerprint density at radius 2 is 1.77 bits per heavy atom. The molecule has 0 unspecified atom stereocenters. The summed E-state index contributed by atoms with van der Waals surface area (Å²) in [5.74, 6) is -0.00906. The predicted molar refractivity (Wildman–Crippen MR) is 96.1 cm³/mol. The van der Waals surface area contributed by atoms with Gasteiger partial charge in [-0.1, -0.05) is 42.0 Å². The fourth-order valence-electron chi connectivity index (χ4n) is 3.50. The number of nitrogens with zero attached hydrogens (tertiary/aromatic N) is 1. The maximum atomic E-state index is 12.9. The molecular formula is C21H19NO4. The smallest absolute Gasteiger partial charge is 0.286 e. The topological polar surface area (TPSA) is 55.8 Å². The molecule has 0 N–H and O–H groups in total. The number of carbonyl (C=O) groups is 2. The van der Waals surface area contributed by atoms with E-state index in [-0.39, 0.29) is 12.5 Å². The lowest BCUT2D eigenvalue weighted by molar-refractivity contribution is -0.189. The van der Waals surface area contributed by atoms with Gasteiger partial charge >= 0.3 is 0 Å². The van der Waals surface area contributed by atoms with Crippen LogP contribution in [0.5, 0.6) is 5.75 Å². The molecule has 5 nitrogen and oxygen atoms in total. The maximum Gasteiger partial charge on any atom is 0.286 e. The van der Waals surface area contributed by atoms with Gasteiger partial charge in [-0.05, 0) is 37.0 Å². The second-order valence-corrected chi connectivity index (χ2v) is 6.50. The van der Waals surface area contributed by atoms with E-state index in [1.807, 2.05) is 49.4 Å². The van der Waals surface area contributed by atoms with E-state index < -0.39 is 5.91 Å². The number of amides is 2. The second-order valence-electron chi connectivity index (χ2n) is 6.50. The number of benzene rings is 2. The van der Waals surface area contributed by atoms with Crippen molar-refractivity contribution < 1.29 is 19.2 Å². The van der Waals surface area contributed by atoms with Gasteiger partial charge in [0.15, 0.2) is 0 Å². The Balaban J connectivity index is 1.60. The number of ether oxygens (including phenoxy) is 1. The summed E-state index contributed by atoms with van der Waals surface area (Å²) in [6.07, 6.45) is 1.18. The van der Waals surface area contributed by atoms with Crippen molar-refractivity contribution in [2.24, 2.45) is 0 Å². The zero-order chi connectivity index (χ0) is 18.3. The highest BCUT2D eigenvalue weighted by Gasteiger charge is 2.42. The fourth-order valence-corrected chi connectivity index (χ4v) is 3.50. The molecule has 1 aliphatic carbocycles. The lowest BCUT2D eigenvalue weighted by Gasteiger charge is -2.18. The van der Waals surface area contributed by atoms with Gasteiger partial charge in [-0.3, -0.25) is 14.4 Å². The molecule has 26 heavy (non-hydrogen) atoms. The fraction of sp³-hybridized carbons (Fsp3) is 0.238. The Morgan fingerprint density at radius 3 is 2.50 bits per heavy atom. The summed E-state index contributed by atoms with van der Waals surface area (Å²) < 4.78 is 5.40. The van der Waals surface area contributed by atoms with Crippen molar-refractivity contribution in [1.29, 1.82) is 0 Å². The van der Waals surface area contributed by atoms with Crippen LogP contribution in [-0.4, -0.2) is 24.0 Å². The molecular weight excluding hydrogens is 330 g/mol. The molecule has 5 heteroatoms. The minimum Gasteiger partial charge on any atom is -0.496 e. The van der Waals surface area contributed by atoms with Gasteiger partial charge in [-0.25, -0.2) is 0 Å². The number of carbonyl (C=O) groups excluding carboxylic acids is 2. The monoisotopic (exact) mass is 349 g/mol. The first-order chi connectivity index (χ1) is 12.6. The highest BCUT2D eigenvalue weighted by atomic mass is 16.7. The van der Waals surface area contributed by atoms with Gasteiger partial charge in [0.2, 0.25) is 0 Å². The average Bonchev–Trinajstić information content (AvgIpc) is 2.91. The molecule has 1 aliphatic heterocycles. The number of rotatable bonds is 4. The van der Waals surface area contributed by atoms with Gasteiger partial charge in [0.05, 0.1) is 12.7 Å². The molecule has 1 heterocycles. The normalized spacial score (nSPS) is 16.0. The summed E-state index contributed by atoms with van der Waals surface area (Å²) in [5.41, 5.74) is 4.76. The van der Waals surface area contributed by atoms with Crippen molar-refractivity contribution in [3.8, 4) is 5.75 Å². The van der Waals surface area contributed by atoms with E-state index in [4.69, 9.17) is 9.57 Å². The van der Waals surface area contributed by atoms with Gasteiger partial charge in [0.1, 0.15) is 12.4 Å². The van der Waals surface area contributed by atoms with Crippen LogP contribution < -0.4 is 4.74 Å². The van der Waals surface area contributed by atoms with Crippen LogP contribution in [0.2, 0.25) is 0 Å². The van der Waals surface area contributed by atoms with Crippen molar-refractivity contribution in [3.05, 3.63) is 70.3 Å². The SMILES string of the molecule is COc1cccc2c1CCC1=C2C(=O)N(OCc2ccc(C)cc2)C1=O. The van der Waals surface area contributed by atoms with Gasteiger partial charge in [0, 0.05) is 11.1 Å². The average molecular weight is 349 g/mol. The molecule has 2 aromatic carbocycles. The number of hydrogen-bond acceptors (Lipinski definition) is 4. The van der Waals surface area contributed by atoms with Crippen LogP contribution in [-0.2, 0) is 27.5 Å².